The SMILES string of the molecule is Cc1cc(C)c2nc(C(C)N)cc(C)c2c1. The first-order valence-corrected chi connectivity index (χ1v) is 5.63. The molecule has 1 unspecified atom stereocenters. The molecule has 0 aliphatic heterocycles. The minimum Gasteiger partial charge on any atom is -0.323 e. The van der Waals surface area contributed by atoms with Crippen molar-refractivity contribution in [2.45, 2.75) is 33.7 Å². The fraction of sp³-hybridized carbons (Fsp3) is 0.357. The number of aryl methyl sites for hydroxylation is 3. The normalized spacial score (nSPS) is 13.1. The average Bonchev–Trinajstić information content (AvgIpc) is 2.19. The molecule has 1 aromatic carbocycles. The predicted octanol–water partition coefficient (Wildman–Crippen LogP) is 3.18. The van der Waals surface area contributed by atoms with Crippen molar-refractivity contribution in [3.8, 4) is 0 Å². The Balaban J connectivity index is 2.82. The summed E-state index contributed by atoms with van der Waals surface area (Å²) in [5, 5.41) is 1.24. The maximum absolute atomic E-state index is 5.89. The molecule has 0 radical (unpaired) electrons. The summed E-state index contributed by atoms with van der Waals surface area (Å²) in [6.07, 6.45) is 0. The van der Waals surface area contributed by atoms with Gasteiger partial charge in [0.05, 0.1) is 11.2 Å². The summed E-state index contributed by atoms with van der Waals surface area (Å²) in [7, 11) is 0. The van der Waals surface area contributed by atoms with Crippen molar-refractivity contribution in [1.29, 1.82) is 0 Å². The fourth-order valence-corrected chi connectivity index (χ4v) is 2.10. The van der Waals surface area contributed by atoms with Crippen LogP contribution in [0.5, 0.6) is 0 Å². The third kappa shape index (κ3) is 1.81. The van der Waals surface area contributed by atoms with Crippen LogP contribution in [0.2, 0.25) is 0 Å². The van der Waals surface area contributed by atoms with Gasteiger partial charge in [0, 0.05) is 11.4 Å². The summed E-state index contributed by atoms with van der Waals surface area (Å²) in [5.41, 5.74) is 11.7. The molecular weight excluding hydrogens is 196 g/mol. The summed E-state index contributed by atoms with van der Waals surface area (Å²) in [6, 6.07) is 6.44. The first-order valence-electron chi connectivity index (χ1n) is 5.63. The van der Waals surface area contributed by atoms with E-state index in [1.165, 1.54) is 22.1 Å². The highest BCUT2D eigenvalue weighted by Crippen LogP contribution is 2.24. The van der Waals surface area contributed by atoms with Gasteiger partial charge >= 0.3 is 0 Å². The van der Waals surface area contributed by atoms with Crippen LogP contribution in [0.25, 0.3) is 10.9 Å². The molecule has 1 aromatic heterocycles. The molecule has 2 rings (SSSR count). The molecule has 0 aliphatic carbocycles. The molecule has 2 aromatic rings. The van der Waals surface area contributed by atoms with Gasteiger partial charge in [-0.3, -0.25) is 4.98 Å². The van der Waals surface area contributed by atoms with Gasteiger partial charge < -0.3 is 5.73 Å². The van der Waals surface area contributed by atoms with Crippen LogP contribution in [0.1, 0.15) is 35.3 Å². The van der Waals surface area contributed by atoms with Crippen LogP contribution < -0.4 is 5.73 Å². The smallest absolute Gasteiger partial charge is 0.0737 e. The Hall–Kier alpha value is -1.41. The number of hydrogen-bond acceptors (Lipinski definition) is 2. The highest BCUT2D eigenvalue weighted by atomic mass is 14.8. The fourth-order valence-electron chi connectivity index (χ4n) is 2.10. The molecule has 0 amide bonds. The Morgan fingerprint density at radius 2 is 1.75 bits per heavy atom. The Labute approximate surface area is 96.5 Å². The van der Waals surface area contributed by atoms with Gasteiger partial charge in [0.2, 0.25) is 0 Å². The second kappa shape index (κ2) is 3.87. The predicted molar refractivity (Wildman–Crippen MR) is 68.6 cm³/mol. The monoisotopic (exact) mass is 214 g/mol. The van der Waals surface area contributed by atoms with E-state index in [0.717, 1.165) is 11.2 Å². The quantitative estimate of drug-likeness (QED) is 0.791. The van der Waals surface area contributed by atoms with Crippen molar-refractivity contribution in [2.75, 3.05) is 0 Å². The molecule has 0 aliphatic rings. The van der Waals surface area contributed by atoms with Gasteiger partial charge in [-0.15, -0.1) is 0 Å². The Kier molecular flexibility index (Phi) is 2.68. The first-order chi connectivity index (χ1) is 7.49. The van der Waals surface area contributed by atoms with Crippen LogP contribution in [0, 0.1) is 20.8 Å². The third-order valence-corrected chi connectivity index (χ3v) is 2.94. The molecule has 0 saturated carbocycles. The Morgan fingerprint density at radius 1 is 1.06 bits per heavy atom. The molecule has 0 spiro atoms. The van der Waals surface area contributed by atoms with Gasteiger partial charge in [-0.2, -0.15) is 0 Å². The molecule has 0 saturated heterocycles. The molecule has 2 heteroatoms. The lowest BCUT2D eigenvalue weighted by Gasteiger charge is -2.11. The van der Waals surface area contributed by atoms with Crippen LogP contribution >= 0.6 is 0 Å². The number of pyridine rings is 1. The minimum atomic E-state index is -0.0104. The largest absolute Gasteiger partial charge is 0.323 e. The minimum absolute atomic E-state index is 0.0104. The zero-order valence-corrected chi connectivity index (χ0v) is 10.3. The maximum Gasteiger partial charge on any atom is 0.0737 e. The van der Waals surface area contributed by atoms with E-state index in [-0.39, 0.29) is 6.04 Å². The lowest BCUT2D eigenvalue weighted by molar-refractivity contribution is 0.785. The number of fused-ring (bicyclic) bond motifs is 1. The molecule has 2 N–H and O–H groups in total. The van der Waals surface area contributed by atoms with Crippen molar-refractivity contribution >= 4 is 10.9 Å². The van der Waals surface area contributed by atoms with Crippen molar-refractivity contribution in [3.63, 3.8) is 0 Å². The summed E-state index contributed by atoms with van der Waals surface area (Å²) >= 11 is 0. The second-order valence-corrected chi connectivity index (χ2v) is 4.63. The van der Waals surface area contributed by atoms with E-state index >= 15 is 0 Å². The van der Waals surface area contributed by atoms with Crippen molar-refractivity contribution in [2.24, 2.45) is 5.73 Å². The number of nitrogens with two attached hydrogens (primary N) is 1. The molecule has 84 valence electrons. The van der Waals surface area contributed by atoms with E-state index in [2.05, 4.69) is 44.0 Å². The van der Waals surface area contributed by atoms with Crippen LogP contribution in [0.3, 0.4) is 0 Å². The van der Waals surface area contributed by atoms with Gasteiger partial charge in [0.25, 0.3) is 0 Å². The highest BCUT2D eigenvalue weighted by Gasteiger charge is 2.08. The van der Waals surface area contributed by atoms with E-state index in [4.69, 9.17) is 5.73 Å². The third-order valence-electron chi connectivity index (χ3n) is 2.94. The van der Waals surface area contributed by atoms with Gasteiger partial charge in [0.1, 0.15) is 0 Å². The lowest BCUT2D eigenvalue weighted by atomic mass is 10.0. The van der Waals surface area contributed by atoms with E-state index < -0.39 is 0 Å². The van der Waals surface area contributed by atoms with Crippen LogP contribution in [-0.2, 0) is 0 Å². The number of benzene rings is 1. The van der Waals surface area contributed by atoms with Gasteiger partial charge in [-0.1, -0.05) is 11.6 Å². The maximum atomic E-state index is 5.89. The Morgan fingerprint density at radius 3 is 2.38 bits per heavy atom. The Bertz CT molecular complexity index is 542. The zero-order valence-electron chi connectivity index (χ0n) is 10.3. The lowest BCUT2D eigenvalue weighted by Crippen LogP contribution is -2.08. The average molecular weight is 214 g/mol. The number of hydrogen-bond donors (Lipinski definition) is 1. The van der Waals surface area contributed by atoms with E-state index in [9.17, 15) is 0 Å². The van der Waals surface area contributed by atoms with Gasteiger partial charge in [-0.25, -0.2) is 0 Å². The highest BCUT2D eigenvalue weighted by molar-refractivity contribution is 5.85. The number of nitrogens with zero attached hydrogens (tertiary/aromatic N) is 1. The van der Waals surface area contributed by atoms with Crippen LogP contribution in [0.15, 0.2) is 18.2 Å². The van der Waals surface area contributed by atoms with Crippen LogP contribution in [0.4, 0.5) is 0 Å². The second-order valence-electron chi connectivity index (χ2n) is 4.63. The number of aromatic nitrogens is 1. The molecular formula is C14H18N2. The van der Waals surface area contributed by atoms with Crippen molar-refractivity contribution < 1.29 is 0 Å². The zero-order chi connectivity index (χ0) is 11.9. The van der Waals surface area contributed by atoms with Gasteiger partial charge in [0.15, 0.2) is 0 Å². The topological polar surface area (TPSA) is 38.9 Å². The van der Waals surface area contributed by atoms with Crippen LogP contribution in [-0.4, -0.2) is 4.98 Å². The molecule has 16 heavy (non-hydrogen) atoms. The molecule has 1 atom stereocenters. The van der Waals surface area contributed by atoms with Crippen molar-refractivity contribution in [3.05, 3.63) is 40.6 Å². The molecule has 2 nitrogen and oxygen atoms in total. The first kappa shape index (κ1) is 11.1. The summed E-state index contributed by atoms with van der Waals surface area (Å²) in [6.45, 7) is 8.31. The van der Waals surface area contributed by atoms with E-state index in [1.807, 2.05) is 6.92 Å². The molecule has 1 heterocycles. The summed E-state index contributed by atoms with van der Waals surface area (Å²) in [5.74, 6) is 0. The molecule has 0 fully saturated rings. The molecule has 0 bridgehead atoms. The van der Waals surface area contributed by atoms with E-state index in [1.54, 1.807) is 0 Å². The number of rotatable bonds is 1. The summed E-state index contributed by atoms with van der Waals surface area (Å²) in [4.78, 5) is 4.65. The standard InChI is InChI=1S/C14H18N2/c1-8-5-10(3)14-12(6-8)9(2)7-13(16-14)11(4)15/h5-7,11H,15H2,1-4H3. The van der Waals surface area contributed by atoms with Crippen molar-refractivity contribution in [1.82, 2.24) is 4.98 Å². The summed E-state index contributed by atoms with van der Waals surface area (Å²) < 4.78 is 0. The van der Waals surface area contributed by atoms with E-state index in [0.29, 0.717) is 0 Å². The van der Waals surface area contributed by atoms with Gasteiger partial charge in [-0.05, 0) is 51.0 Å².